The summed E-state index contributed by atoms with van der Waals surface area (Å²) in [6.07, 6.45) is -0.382. The molecule has 17 heavy (non-hydrogen) atoms. The fourth-order valence-electron chi connectivity index (χ4n) is 2.07. The number of hydrogen-bond donors (Lipinski definition) is 1. The first-order valence-electron chi connectivity index (χ1n) is 5.39. The maximum atomic E-state index is 12.0. The SMILES string of the molecule is COC1N=C2C(NC1C)C(=O)N(C)C(=O)N2C. The van der Waals surface area contributed by atoms with Crippen LogP contribution in [0.2, 0.25) is 0 Å². The number of nitrogens with one attached hydrogen (secondary N) is 1. The number of carbonyl (C=O) groups excluding carboxylic acids is 2. The molecular weight excluding hydrogens is 224 g/mol. The van der Waals surface area contributed by atoms with Gasteiger partial charge in [-0.15, -0.1) is 0 Å². The maximum absolute atomic E-state index is 12.0. The van der Waals surface area contributed by atoms with Crippen LogP contribution in [0.3, 0.4) is 0 Å². The minimum absolute atomic E-state index is 0.0762. The number of hydrogen-bond acceptors (Lipinski definition) is 5. The molecule has 3 amide bonds. The molecule has 94 valence electrons. The predicted molar refractivity (Wildman–Crippen MR) is 60.5 cm³/mol. The van der Waals surface area contributed by atoms with Crippen molar-refractivity contribution in [1.29, 1.82) is 0 Å². The standard InChI is InChI=1S/C10H16N4O3/c1-5-8(17-4)12-7-6(11-5)9(15)14(3)10(16)13(7)2/h5-6,8,11H,1-4H3. The van der Waals surface area contributed by atoms with Crippen LogP contribution in [0, 0.1) is 0 Å². The topological polar surface area (TPSA) is 74.2 Å². The van der Waals surface area contributed by atoms with Crippen molar-refractivity contribution in [1.82, 2.24) is 15.1 Å². The molecule has 3 atom stereocenters. The van der Waals surface area contributed by atoms with E-state index in [0.717, 1.165) is 4.90 Å². The summed E-state index contributed by atoms with van der Waals surface area (Å²) < 4.78 is 5.19. The Bertz CT molecular complexity index is 395. The zero-order chi connectivity index (χ0) is 12.7. The quantitative estimate of drug-likeness (QED) is 0.654. The fourth-order valence-corrected chi connectivity index (χ4v) is 2.07. The summed E-state index contributed by atoms with van der Waals surface area (Å²) in [5, 5.41) is 3.11. The molecule has 0 aromatic carbocycles. The second-order valence-electron chi connectivity index (χ2n) is 4.24. The van der Waals surface area contributed by atoms with Gasteiger partial charge < -0.3 is 4.74 Å². The molecule has 7 heteroatoms. The smallest absolute Gasteiger partial charge is 0.331 e. The van der Waals surface area contributed by atoms with Crippen LogP contribution in [-0.2, 0) is 9.53 Å². The van der Waals surface area contributed by atoms with Gasteiger partial charge in [0, 0.05) is 21.2 Å². The van der Waals surface area contributed by atoms with Crippen LogP contribution in [0.1, 0.15) is 6.92 Å². The lowest BCUT2D eigenvalue weighted by Crippen LogP contribution is -2.68. The molecule has 0 bridgehead atoms. The van der Waals surface area contributed by atoms with Crippen molar-refractivity contribution in [3.8, 4) is 0 Å². The first kappa shape index (κ1) is 12.0. The number of fused-ring (bicyclic) bond motifs is 1. The Labute approximate surface area is 99.4 Å². The number of amidine groups is 1. The number of ether oxygens (including phenoxy) is 1. The van der Waals surface area contributed by atoms with Crippen molar-refractivity contribution in [3.05, 3.63) is 0 Å². The lowest BCUT2D eigenvalue weighted by molar-refractivity contribution is -0.129. The Morgan fingerprint density at radius 2 is 1.94 bits per heavy atom. The minimum Gasteiger partial charge on any atom is -0.358 e. The van der Waals surface area contributed by atoms with Gasteiger partial charge in [-0.2, -0.15) is 0 Å². The van der Waals surface area contributed by atoms with E-state index in [1.807, 2.05) is 6.92 Å². The van der Waals surface area contributed by atoms with E-state index in [4.69, 9.17) is 4.74 Å². The summed E-state index contributed by atoms with van der Waals surface area (Å²) in [5.74, 6) is 0.135. The number of urea groups is 1. The lowest BCUT2D eigenvalue weighted by atomic mass is 10.1. The average Bonchev–Trinajstić information content (AvgIpc) is 2.33. The average molecular weight is 240 g/mol. The molecule has 0 spiro atoms. The van der Waals surface area contributed by atoms with Gasteiger partial charge >= 0.3 is 6.03 Å². The molecule has 0 aliphatic carbocycles. The van der Waals surface area contributed by atoms with Crippen molar-refractivity contribution < 1.29 is 14.3 Å². The molecule has 3 unspecified atom stereocenters. The zero-order valence-electron chi connectivity index (χ0n) is 10.3. The summed E-state index contributed by atoms with van der Waals surface area (Å²) in [6, 6.07) is -1.02. The third-order valence-electron chi connectivity index (χ3n) is 3.11. The van der Waals surface area contributed by atoms with Crippen molar-refractivity contribution in [3.63, 3.8) is 0 Å². The molecule has 0 radical (unpaired) electrons. The van der Waals surface area contributed by atoms with Crippen molar-refractivity contribution in [2.75, 3.05) is 21.2 Å². The number of methoxy groups -OCH3 is 1. The van der Waals surface area contributed by atoms with Crippen molar-refractivity contribution in [2.45, 2.75) is 25.2 Å². The van der Waals surface area contributed by atoms with Crippen LogP contribution in [-0.4, -0.2) is 67.1 Å². The molecule has 7 nitrogen and oxygen atoms in total. The Morgan fingerprint density at radius 1 is 1.29 bits per heavy atom. The minimum atomic E-state index is -0.566. The number of rotatable bonds is 1. The summed E-state index contributed by atoms with van der Waals surface area (Å²) in [6.45, 7) is 1.89. The molecular formula is C10H16N4O3. The molecule has 1 fully saturated rings. The summed E-state index contributed by atoms with van der Waals surface area (Å²) in [7, 11) is 4.61. The van der Waals surface area contributed by atoms with Crippen LogP contribution in [0.4, 0.5) is 4.79 Å². The van der Waals surface area contributed by atoms with Crippen molar-refractivity contribution >= 4 is 17.8 Å². The van der Waals surface area contributed by atoms with Crippen LogP contribution in [0.25, 0.3) is 0 Å². The third-order valence-corrected chi connectivity index (χ3v) is 3.11. The lowest BCUT2D eigenvalue weighted by Gasteiger charge is -2.41. The van der Waals surface area contributed by atoms with E-state index in [-0.39, 0.29) is 24.2 Å². The molecule has 1 saturated heterocycles. The number of amides is 3. The molecule has 2 aliphatic heterocycles. The van der Waals surface area contributed by atoms with Gasteiger partial charge in [0.25, 0.3) is 5.91 Å². The second kappa shape index (κ2) is 4.08. The highest BCUT2D eigenvalue weighted by Crippen LogP contribution is 2.18. The predicted octanol–water partition coefficient (Wildman–Crippen LogP) is -0.758. The monoisotopic (exact) mass is 240 g/mol. The fraction of sp³-hybridized carbons (Fsp3) is 0.700. The molecule has 2 aliphatic rings. The summed E-state index contributed by atoms with van der Waals surface area (Å²) >= 11 is 0. The van der Waals surface area contributed by atoms with Crippen LogP contribution >= 0.6 is 0 Å². The maximum Gasteiger partial charge on any atom is 0.331 e. The number of carbonyl (C=O) groups is 2. The van der Waals surface area contributed by atoms with Gasteiger partial charge in [0.15, 0.2) is 6.23 Å². The van der Waals surface area contributed by atoms with Gasteiger partial charge in [0.05, 0.1) is 6.04 Å². The van der Waals surface area contributed by atoms with E-state index < -0.39 is 6.04 Å². The molecule has 2 rings (SSSR count). The van der Waals surface area contributed by atoms with Gasteiger partial charge in [-0.3, -0.25) is 19.9 Å². The van der Waals surface area contributed by atoms with E-state index >= 15 is 0 Å². The zero-order valence-corrected chi connectivity index (χ0v) is 10.3. The number of imide groups is 1. The van der Waals surface area contributed by atoms with E-state index in [0.29, 0.717) is 5.84 Å². The largest absolute Gasteiger partial charge is 0.358 e. The molecule has 0 aromatic heterocycles. The number of likely N-dealkylation sites (N-methyl/N-ethyl adjacent to an activating group) is 2. The highest BCUT2D eigenvalue weighted by atomic mass is 16.5. The van der Waals surface area contributed by atoms with E-state index in [1.165, 1.54) is 11.9 Å². The highest BCUT2D eigenvalue weighted by molar-refractivity contribution is 6.20. The van der Waals surface area contributed by atoms with Crippen LogP contribution in [0.5, 0.6) is 0 Å². The van der Waals surface area contributed by atoms with Gasteiger partial charge in [0.1, 0.15) is 11.9 Å². The van der Waals surface area contributed by atoms with Gasteiger partial charge in [-0.05, 0) is 6.92 Å². The van der Waals surface area contributed by atoms with Crippen LogP contribution in [0.15, 0.2) is 4.99 Å². The Balaban J connectivity index is 2.39. The summed E-state index contributed by atoms with van der Waals surface area (Å²) in [4.78, 5) is 30.5. The van der Waals surface area contributed by atoms with Gasteiger partial charge in [0.2, 0.25) is 0 Å². The molecule has 0 saturated carbocycles. The molecule has 2 heterocycles. The van der Waals surface area contributed by atoms with E-state index in [1.54, 1.807) is 14.2 Å². The first-order valence-corrected chi connectivity index (χ1v) is 5.39. The summed E-state index contributed by atoms with van der Waals surface area (Å²) in [5.41, 5.74) is 0. The van der Waals surface area contributed by atoms with E-state index in [2.05, 4.69) is 10.3 Å². The Hall–Kier alpha value is -1.47. The van der Waals surface area contributed by atoms with Crippen molar-refractivity contribution in [2.24, 2.45) is 4.99 Å². The number of aliphatic imine (C=N–C) groups is 1. The second-order valence-corrected chi connectivity index (χ2v) is 4.24. The third kappa shape index (κ3) is 1.71. The number of nitrogens with zero attached hydrogens (tertiary/aromatic N) is 3. The Kier molecular flexibility index (Phi) is 2.88. The normalized spacial score (nSPS) is 33.6. The van der Waals surface area contributed by atoms with E-state index in [9.17, 15) is 9.59 Å². The van der Waals surface area contributed by atoms with Crippen LogP contribution < -0.4 is 5.32 Å². The van der Waals surface area contributed by atoms with Gasteiger partial charge in [-0.25, -0.2) is 9.79 Å². The highest BCUT2D eigenvalue weighted by Gasteiger charge is 2.44. The molecule has 0 aromatic rings. The molecule has 1 N–H and O–H groups in total. The first-order chi connectivity index (χ1) is 7.97. The Morgan fingerprint density at radius 3 is 2.53 bits per heavy atom. The van der Waals surface area contributed by atoms with Gasteiger partial charge in [-0.1, -0.05) is 0 Å².